The van der Waals surface area contributed by atoms with E-state index < -0.39 is 0 Å². The molecule has 152 valence electrons. The van der Waals surface area contributed by atoms with Crippen molar-refractivity contribution in [1.29, 1.82) is 5.26 Å². The lowest BCUT2D eigenvalue weighted by molar-refractivity contribution is -0.122. The SMILES string of the molecule is CC[C@@H](C(=O)Nc1ccc(C#N)cc1)[C@H]1CC[C@@H](c2ccnc3ccccc32)CC1. The molecule has 1 fully saturated rings. The van der Waals surface area contributed by atoms with E-state index in [1.807, 2.05) is 12.3 Å². The molecule has 3 aromatic rings. The van der Waals surface area contributed by atoms with Gasteiger partial charge in [0, 0.05) is 23.2 Å². The van der Waals surface area contributed by atoms with E-state index in [1.54, 1.807) is 24.3 Å². The van der Waals surface area contributed by atoms with Crippen LogP contribution < -0.4 is 5.32 Å². The molecule has 1 heterocycles. The second-order valence-electron chi connectivity index (χ2n) is 8.22. The molecule has 0 unspecified atom stereocenters. The number of aromatic nitrogens is 1. The maximum atomic E-state index is 12.9. The number of carbonyl (C=O) groups is 1. The van der Waals surface area contributed by atoms with E-state index in [9.17, 15) is 4.79 Å². The Balaban J connectivity index is 1.41. The molecule has 2 aromatic carbocycles. The Morgan fingerprint density at radius 1 is 1.10 bits per heavy atom. The van der Waals surface area contributed by atoms with Crippen molar-refractivity contribution in [2.75, 3.05) is 5.32 Å². The van der Waals surface area contributed by atoms with Gasteiger partial charge in [-0.1, -0.05) is 25.1 Å². The smallest absolute Gasteiger partial charge is 0.227 e. The summed E-state index contributed by atoms with van der Waals surface area (Å²) in [7, 11) is 0. The number of hydrogen-bond donors (Lipinski definition) is 1. The van der Waals surface area contributed by atoms with E-state index in [4.69, 9.17) is 5.26 Å². The lowest BCUT2D eigenvalue weighted by Gasteiger charge is -2.33. The van der Waals surface area contributed by atoms with Gasteiger partial charge in [-0.25, -0.2) is 0 Å². The molecule has 1 atom stereocenters. The third kappa shape index (κ3) is 4.21. The minimum Gasteiger partial charge on any atom is -0.326 e. The predicted molar refractivity (Wildman–Crippen MR) is 120 cm³/mol. The van der Waals surface area contributed by atoms with Crippen LogP contribution in [0.25, 0.3) is 10.9 Å². The quantitative estimate of drug-likeness (QED) is 0.570. The van der Waals surface area contributed by atoms with Gasteiger partial charge in [0.15, 0.2) is 0 Å². The molecule has 1 aromatic heterocycles. The average molecular weight is 398 g/mol. The van der Waals surface area contributed by atoms with Crippen LogP contribution in [0.4, 0.5) is 5.69 Å². The third-order valence-electron chi connectivity index (χ3n) is 6.52. The van der Waals surface area contributed by atoms with E-state index >= 15 is 0 Å². The summed E-state index contributed by atoms with van der Waals surface area (Å²) in [5.41, 5.74) is 3.82. The van der Waals surface area contributed by atoms with Crippen LogP contribution in [0.2, 0.25) is 0 Å². The van der Waals surface area contributed by atoms with Crippen LogP contribution in [0.3, 0.4) is 0 Å². The van der Waals surface area contributed by atoms with Crippen molar-refractivity contribution in [1.82, 2.24) is 4.98 Å². The molecular weight excluding hydrogens is 370 g/mol. The van der Waals surface area contributed by atoms with E-state index in [-0.39, 0.29) is 11.8 Å². The van der Waals surface area contributed by atoms with Gasteiger partial charge >= 0.3 is 0 Å². The second-order valence-corrected chi connectivity index (χ2v) is 8.22. The molecule has 4 rings (SSSR count). The van der Waals surface area contributed by atoms with Gasteiger partial charge in [-0.3, -0.25) is 9.78 Å². The third-order valence-corrected chi connectivity index (χ3v) is 6.52. The maximum absolute atomic E-state index is 12.9. The number of amides is 1. The molecular formula is C26H27N3O. The highest BCUT2D eigenvalue weighted by Gasteiger charge is 2.32. The highest BCUT2D eigenvalue weighted by atomic mass is 16.1. The van der Waals surface area contributed by atoms with Gasteiger partial charge in [0.25, 0.3) is 0 Å². The van der Waals surface area contributed by atoms with Crippen molar-refractivity contribution in [2.45, 2.75) is 44.9 Å². The van der Waals surface area contributed by atoms with Gasteiger partial charge in [0.2, 0.25) is 5.91 Å². The largest absolute Gasteiger partial charge is 0.326 e. The predicted octanol–water partition coefficient (Wildman–Crippen LogP) is 6.05. The van der Waals surface area contributed by atoms with Crippen molar-refractivity contribution < 1.29 is 4.79 Å². The van der Waals surface area contributed by atoms with Gasteiger partial charge in [0.1, 0.15) is 0 Å². The standard InChI is InChI=1S/C26H27N3O/c1-2-22(26(30)29-21-13-7-18(17-27)8-14-21)19-9-11-20(12-10-19)23-15-16-28-25-6-4-3-5-24(23)25/h3-8,13-16,19-20,22H,2,9-12H2,1H3,(H,29,30)/t19-,20+,22-/m1/s1. The van der Waals surface area contributed by atoms with Crippen molar-refractivity contribution in [3.8, 4) is 6.07 Å². The number of fused-ring (bicyclic) bond motifs is 1. The Kier molecular flexibility index (Phi) is 6.09. The Morgan fingerprint density at radius 3 is 2.53 bits per heavy atom. The first-order valence-electron chi connectivity index (χ1n) is 10.8. The molecule has 0 aliphatic heterocycles. The average Bonchev–Trinajstić information content (AvgIpc) is 2.80. The number of anilines is 1. The first-order chi connectivity index (χ1) is 14.7. The minimum atomic E-state index is 0.0239. The zero-order valence-electron chi connectivity index (χ0n) is 17.3. The Labute approximate surface area is 178 Å². The number of pyridine rings is 1. The molecule has 30 heavy (non-hydrogen) atoms. The molecule has 0 bridgehead atoms. The summed E-state index contributed by atoms with van der Waals surface area (Å²) in [5.74, 6) is 1.07. The van der Waals surface area contributed by atoms with E-state index in [0.29, 0.717) is 17.4 Å². The summed E-state index contributed by atoms with van der Waals surface area (Å²) < 4.78 is 0. The minimum absolute atomic E-state index is 0.0239. The number of nitrogens with one attached hydrogen (secondary N) is 1. The zero-order valence-corrected chi connectivity index (χ0v) is 17.3. The number of benzene rings is 2. The van der Waals surface area contributed by atoms with Gasteiger partial charge in [-0.05, 0) is 85.9 Å². The van der Waals surface area contributed by atoms with Crippen LogP contribution in [-0.2, 0) is 4.79 Å². The van der Waals surface area contributed by atoms with E-state index in [1.165, 1.54) is 10.9 Å². The van der Waals surface area contributed by atoms with E-state index in [0.717, 1.165) is 43.3 Å². The highest BCUT2D eigenvalue weighted by Crippen LogP contribution is 2.41. The lowest BCUT2D eigenvalue weighted by Crippen LogP contribution is -2.31. The summed E-state index contributed by atoms with van der Waals surface area (Å²) in [6.07, 6.45) is 7.12. The highest BCUT2D eigenvalue weighted by molar-refractivity contribution is 5.92. The van der Waals surface area contributed by atoms with Crippen molar-refractivity contribution in [2.24, 2.45) is 11.8 Å². The monoisotopic (exact) mass is 397 g/mol. The fourth-order valence-electron chi connectivity index (χ4n) is 4.90. The number of para-hydroxylation sites is 1. The maximum Gasteiger partial charge on any atom is 0.227 e. The van der Waals surface area contributed by atoms with Crippen LogP contribution in [0, 0.1) is 23.2 Å². The summed E-state index contributed by atoms with van der Waals surface area (Å²) in [6, 6.07) is 19.7. The van der Waals surface area contributed by atoms with Crippen LogP contribution in [0.1, 0.15) is 56.1 Å². The van der Waals surface area contributed by atoms with Crippen LogP contribution in [0.15, 0.2) is 60.8 Å². The first-order valence-corrected chi connectivity index (χ1v) is 10.8. The molecule has 1 amide bonds. The van der Waals surface area contributed by atoms with Gasteiger partial charge in [0.05, 0.1) is 17.1 Å². The Bertz CT molecular complexity index is 1050. The van der Waals surface area contributed by atoms with Crippen molar-refractivity contribution in [3.05, 3.63) is 71.9 Å². The summed E-state index contributed by atoms with van der Waals surface area (Å²) in [5, 5.41) is 13.2. The molecule has 0 saturated heterocycles. The fraction of sp³-hybridized carbons (Fsp3) is 0.346. The summed E-state index contributed by atoms with van der Waals surface area (Å²) in [4.78, 5) is 17.4. The van der Waals surface area contributed by atoms with Crippen LogP contribution >= 0.6 is 0 Å². The zero-order chi connectivity index (χ0) is 20.9. The molecule has 1 N–H and O–H groups in total. The molecule has 1 saturated carbocycles. The number of nitrogens with zero attached hydrogens (tertiary/aromatic N) is 2. The molecule has 4 nitrogen and oxygen atoms in total. The summed E-state index contributed by atoms with van der Waals surface area (Å²) >= 11 is 0. The molecule has 1 aliphatic carbocycles. The van der Waals surface area contributed by atoms with E-state index in [2.05, 4.69) is 47.6 Å². The Hall–Kier alpha value is -3.19. The lowest BCUT2D eigenvalue weighted by atomic mass is 9.72. The van der Waals surface area contributed by atoms with Gasteiger partial charge in [-0.15, -0.1) is 0 Å². The second kappa shape index (κ2) is 9.09. The van der Waals surface area contributed by atoms with Crippen molar-refractivity contribution in [3.63, 3.8) is 0 Å². The topological polar surface area (TPSA) is 65.8 Å². The first kappa shape index (κ1) is 20.1. The van der Waals surface area contributed by atoms with Crippen molar-refractivity contribution >= 4 is 22.5 Å². The molecule has 0 radical (unpaired) electrons. The number of rotatable bonds is 5. The van der Waals surface area contributed by atoms with Gasteiger partial charge < -0.3 is 5.32 Å². The number of carbonyl (C=O) groups excluding carboxylic acids is 1. The molecule has 0 spiro atoms. The van der Waals surface area contributed by atoms with Gasteiger partial charge in [-0.2, -0.15) is 5.26 Å². The fourth-order valence-corrected chi connectivity index (χ4v) is 4.90. The number of hydrogen-bond acceptors (Lipinski definition) is 3. The summed E-state index contributed by atoms with van der Waals surface area (Å²) in [6.45, 7) is 2.10. The molecule has 1 aliphatic rings. The molecule has 4 heteroatoms. The number of nitriles is 1. The normalized spacial score (nSPS) is 19.7. The van der Waals surface area contributed by atoms with Crippen LogP contribution in [-0.4, -0.2) is 10.9 Å². The Morgan fingerprint density at radius 2 is 1.83 bits per heavy atom. The van der Waals surface area contributed by atoms with Crippen LogP contribution in [0.5, 0.6) is 0 Å².